The maximum absolute atomic E-state index is 11.8. The maximum atomic E-state index is 11.8. The van der Waals surface area contributed by atoms with Crippen LogP contribution in [0.1, 0.15) is 10.4 Å². The van der Waals surface area contributed by atoms with E-state index in [0.29, 0.717) is 0 Å². The molecule has 1 aromatic carbocycles. The third-order valence-electron chi connectivity index (χ3n) is 2.22. The minimum Gasteiger partial charge on any atom is -0.467 e. The Morgan fingerprint density at radius 1 is 1.47 bits per heavy atom. The number of carbonyl (C=O) groups excluding carboxylic acids is 2. The highest BCUT2D eigenvalue weighted by molar-refractivity contribution is 6.44. The van der Waals surface area contributed by atoms with Crippen molar-refractivity contribution in [1.82, 2.24) is 5.32 Å². The molecule has 4 N–H and O–H groups in total. The predicted molar refractivity (Wildman–Crippen MR) is 71.2 cm³/mol. The first-order valence-corrected chi connectivity index (χ1v) is 5.91. The van der Waals surface area contributed by atoms with Crippen molar-refractivity contribution in [3.05, 3.63) is 27.7 Å². The van der Waals surface area contributed by atoms with Crippen molar-refractivity contribution in [3.8, 4) is 0 Å². The zero-order chi connectivity index (χ0) is 14.6. The van der Waals surface area contributed by atoms with Crippen LogP contribution in [0.3, 0.4) is 0 Å². The van der Waals surface area contributed by atoms with E-state index >= 15 is 0 Å². The molecule has 104 valence electrons. The number of hydrogen-bond donors (Lipinski definition) is 3. The van der Waals surface area contributed by atoms with Crippen LogP contribution < -0.4 is 11.1 Å². The quantitative estimate of drug-likeness (QED) is 0.565. The number of halogens is 2. The van der Waals surface area contributed by atoms with Gasteiger partial charge in [0.2, 0.25) is 0 Å². The summed E-state index contributed by atoms with van der Waals surface area (Å²) in [6, 6.07) is 2.75. The lowest BCUT2D eigenvalue weighted by Crippen LogP contribution is -2.37. The van der Waals surface area contributed by atoms with Gasteiger partial charge < -0.3 is 20.9 Å². The largest absolute Gasteiger partial charge is 0.467 e. The first-order chi connectivity index (χ1) is 8.86. The third-order valence-corrected chi connectivity index (χ3v) is 3.03. The first kappa shape index (κ1) is 15.6. The second kappa shape index (κ2) is 6.60. The van der Waals surface area contributed by atoms with Gasteiger partial charge in [0.25, 0.3) is 5.91 Å². The van der Waals surface area contributed by atoms with Crippen molar-refractivity contribution < 1.29 is 19.4 Å². The van der Waals surface area contributed by atoms with Gasteiger partial charge in [-0.2, -0.15) is 0 Å². The molecule has 1 aromatic rings. The highest BCUT2D eigenvalue weighted by Crippen LogP contribution is 2.28. The Bertz CT molecular complexity index is 508. The number of hydrogen-bond acceptors (Lipinski definition) is 5. The highest BCUT2D eigenvalue weighted by Gasteiger charge is 2.19. The van der Waals surface area contributed by atoms with Gasteiger partial charge >= 0.3 is 5.97 Å². The van der Waals surface area contributed by atoms with Crippen molar-refractivity contribution in [2.24, 2.45) is 0 Å². The molecule has 0 saturated heterocycles. The maximum Gasteiger partial charge on any atom is 0.336 e. The molecular formula is C11H12Cl2N2O4. The van der Waals surface area contributed by atoms with Crippen LogP contribution in [0.15, 0.2) is 12.1 Å². The fourth-order valence-electron chi connectivity index (χ4n) is 1.28. The Hall–Kier alpha value is -1.50. The number of benzene rings is 1. The zero-order valence-corrected chi connectivity index (χ0v) is 11.5. The minimum atomic E-state index is -1.45. The Labute approximate surface area is 119 Å². The van der Waals surface area contributed by atoms with E-state index in [2.05, 4.69) is 10.1 Å². The van der Waals surface area contributed by atoms with Crippen molar-refractivity contribution in [3.63, 3.8) is 0 Å². The van der Waals surface area contributed by atoms with Crippen LogP contribution >= 0.6 is 23.2 Å². The summed E-state index contributed by atoms with van der Waals surface area (Å²) in [5.74, 6) is -1.46. The number of rotatable bonds is 4. The topological polar surface area (TPSA) is 102 Å². The molecule has 0 heterocycles. The lowest BCUT2D eigenvalue weighted by atomic mass is 10.2. The summed E-state index contributed by atoms with van der Waals surface area (Å²) in [6.45, 7) is -0.311. The highest BCUT2D eigenvalue weighted by atomic mass is 35.5. The summed E-state index contributed by atoms with van der Waals surface area (Å²) in [5, 5.41) is 11.8. The van der Waals surface area contributed by atoms with E-state index in [9.17, 15) is 14.7 Å². The molecule has 1 amide bonds. The van der Waals surface area contributed by atoms with Gasteiger partial charge in [0.15, 0.2) is 6.10 Å². The number of aliphatic hydroxyl groups excluding tert-OH is 1. The monoisotopic (exact) mass is 306 g/mol. The standard InChI is InChI=1S/C11H12Cl2N2O4/c1-19-11(18)8(16)4-15-10(17)6-2-5(14)3-7(12)9(6)13/h2-3,8,16H,4,14H2,1H3,(H,15,17). The van der Waals surface area contributed by atoms with E-state index in [-0.39, 0.29) is 27.8 Å². The Kier molecular flexibility index (Phi) is 5.41. The SMILES string of the molecule is COC(=O)C(O)CNC(=O)c1cc(N)cc(Cl)c1Cl. The second-order valence-electron chi connectivity index (χ2n) is 3.61. The van der Waals surface area contributed by atoms with E-state index in [4.69, 9.17) is 28.9 Å². The molecule has 0 fully saturated rings. The summed E-state index contributed by atoms with van der Waals surface area (Å²) >= 11 is 11.6. The average Bonchev–Trinajstić information content (AvgIpc) is 2.38. The van der Waals surface area contributed by atoms with Crippen molar-refractivity contribution in [2.45, 2.75) is 6.10 Å². The van der Waals surface area contributed by atoms with Crippen molar-refractivity contribution >= 4 is 40.8 Å². The molecular weight excluding hydrogens is 295 g/mol. The van der Waals surface area contributed by atoms with Crippen LogP contribution in [0.2, 0.25) is 10.0 Å². The number of methoxy groups -OCH3 is 1. The van der Waals surface area contributed by atoms with E-state index in [0.717, 1.165) is 7.11 Å². The fourth-order valence-corrected chi connectivity index (χ4v) is 1.70. The van der Waals surface area contributed by atoms with Gasteiger partial charge in [0.05, 0.1) is 29.3 Å². The molecule has 0 aliphatic heterocycles. The molecule has 0 aliphatic rings. The molecule has 0 bridgehead atoms. The normalized spacial score (nSPS) is 11.8. The Morgan fingerprint density at radius 3 is 2.68 bits per heavy atom. The molecule has 0 aliphatic carbocycles. The number of carbonyl (C=O) groups is 2. The number of amides is 1. The van der Waals surface area contributed by atoms with Gasteiger partial charge in [-0.15, -0.1) is 0 Å². The molecule has 0 spiro atoms. The smallest absolute Gasteiger partial charge is 0.336 e. The van der Waals surface area contributed by atoms with Gasteiger partial charge in [-0.3, -0.25) is 4.79 Å². The van der Waals surface area contributed by atoms with Crippen LogP contribution in [-0.4, -0.2) is 36.7 Å². The van der Waals surface area contributed by atoms with Gasteiger partial charge in [0, 0.05) is 5.69 Å². The van der Waals surface area contributed by atoms with Crippen LogP contribution in [0, 0.1) is 0 Å². The molecule has 1 unspecified atom stereocenters. The van der Waals surface area contributed by atoms with E-state index in [1.165, 1.54) is 12.1 Å². The summed E-state index contributed by atoms with van der Waals surface area (Å²) in [5.41, 5.74) is 5.88. The van der Waals surface area contributed by atoms with E-state index in [1.807, 2.05) is 0 Å². The molecule has 1 rings (SSSR count). The molecule has 19 heavy (non-hydrogen) atoms. The number of ether oxygens (including phenoxy) is 1. The number of aliphatic hydroxyl groups is 1. The minimum absolute atomic E-state index is 0.0425. The number of nitrogen functional groups attached to an aromatic ring is 1. The Morgan fingerprint density at radius 2 is 2.11 bits per heavy atom. The summed E-state index contributed by atoms with van der Waals surface area (Å²) in [6.07, 6.45) is -1.45. The van der Waals surface area contributed by atoms with Crippen LogP contribution in [-0.2, 0) is 9.53 Å². The first-order valence-electron chi connectivity index (χ1n) is 5.15. The van der Waals surface area contributed by atoms with Crippen molar-refractivity contribution in [2.75, 3.05) is 19.4 Å². The number of esters is 1. The molecule has 0 radical (unpaired) electrons. The predicted octanol–water partition coefficient (Wildman–Crippen LogP) is 0.839. The second-order valence-corrected chi connectivity index (χ2v) is 4.40. The van der Waals surface area contributed by atoms with Gasteiger partial charge in [-0.1, -0.05) is 23.2 Å². The number of nitrogens with two attached hydrogens (primary N) is 1. The molecule has 8 heteroatoms. The molecule has 1 atom stereocenters. The van der Waals surface area contributed by atoms with Crippen LogP contribution in [0.25, 0.3) is 0 Å². The summed E-state index contributed by atoms with van der Waals surface area (Å²) in [4.78, 5) is 22.8. The van der Waals surface area contributed by atoms with Crippen molar-refractivity contribution in [1.29, 1.82) is 0 Å². The van der Waals surface area contributed by atoms with Crippen LogP contribution in [0.4, 0.5) is 5.69 Å². The number of nitrogens with one attached hydrogen (secondary N) is 1. The van der Waals surface area contributed by atoms with Gasteiger partial charge in [-0.05, 0) is 12.1 Å². The lowest BCUT2D eigenvalue weighted by Gasteiger charge is -2.11. The Balaban J connectivity index is 2.77. The van der Waals surface area contributed by atoms with Crippen LogP contribution in [0.5, 0.6) is 0 Å². The molecule has 0 aromatic heterocycles. The fraction of sp³-hybridized carbons (Fsp3) is 0.273. The average molecular weight is 307 g/mol. The lowest BCUT2D eigenvalue weighted by molar-refractivity contribution is -0.149. The number of anilines is 1. The molecule has 6 nitrogen and oxygen atoms in total. The van der Waals surface area contributed by atoms with Gasteiger partial charge in [-0.25, -0.2) is 4.79 Å². The zero-order valence-electron chi connectivity index (χ0n) is 9.94. The molecule has 0 saturated carbocycles. The summed E-state index contributed by atoms with van der Waals surface area (Å²) in [7, 11) is 1.13. The van der Waals surface area contributed by atoms with Gasteiger partial charge in [0.1, 0.15) is 0 Å². The summed E-state index contributed by atoms with van der Waals surface area (Å²) < 4.78 is 4.30. The third kappa shape index (κ3) is 3.99. The van der Waals surface area contributed by atoms with E-state index in [1.54, 1.807) is 0 Å². The van der Waals surface area contributed by atoms with E-state index < -0.39 is 18.0 Å².